The van der Waals surface area contributed by atoms with E-state index in [0.29, 0.717) is 0 Å². The van der Waals surface area contributed by atoms with Gasteiger partial charge in [0.15, 0.2) is 0 Å². The summed E-state index contributed by atoms with van der Waals surface area (Å²) in [5, 5.41) is 11.3. The lowest BCUT2D eigenvalue weighted by Gasteiger charge is -2.09. The largest absolute Gasteiger partial charge is 0.409 e. The number of hydrogen-bond donors (Lipinski definition) is 2. The van der Waals surface area contributed by atoms with Gasteiger partial charge in [0.05, 0.1) is 6.42 Å². The first-order chi connectivity index (χ1) is 9.70. The van der Waals surface area contributed by atoms with Crippen LogP contribution in [0.3, 0.4) is 0 Å². The van der Waals surface area contributed by atoms with E-state index in [1.165, 1.54) is 0 Å². The monoisotopic (exact) mass is 268 g/mol. The fraction of sp³-hybridized carbons (Fsp3) is 0.125. The summed E-state index contributed by atoms with van der Waals surface area (Å²) in [5.74, 6) is -0.143. The fourth-order valence-corrected chi connectivity index (χ4v) is 2.09. The maximum Gasteiger partial charge on any atom is 0.146 e. The molecule has 0 amide bonds. The molecule has 0 radical (unpaired) electrons. The Hall–Kier alpha value is -2.62. The van der Waals surface area contributed by atoms with Gasteiger partial charge in [-0.2, -0.15) is 0 Å². The fourth-order valence-electron chi connectivity index (χ4n) is 2.09. The summed E-state index contributed by atoms with van der Waals surface area (Å²) in [7, 11) is 0. The summed E-state index contributed by atoms with van der Waals surface area (Å²) < 4.78 is 0. The SMILES string of the molecule is N/C(CC(=O)Cc1ccccc1-c1ccccc1)=N\O. The highest BCUT2D eigenvalue weighted by atomic mass is 16.4. The molecule has 0 aliphatic heterocycles. The van der Waals surface area contributed by atoms with Crippen LogP contribution in [0.15, 0.2) is 59.8 Å². The van der Waals surface area contributed by atoms with Gasteiger partial charge in [0.25, 0.3) is 0 Å². The lowest BCUT2D eigenvalue weighted by atomic mass is 9.96. The molecule has 0 bridgehead atoms. The minimum Gasteiger partial charge on any atom is -0.409 e. The highest BCUT2D eigenvalue weighted by molar-refractivity contribution is 6.01. The van der Waals surface area contributed by atoms with Crippen LogP contribution in [-0.2, 0) is 11.2 Å². The van der Waals surface area contributed by atoms with E-state index < -0.39 is 0 Å². The number of oxime groups is 1. The summed E-state index contributed by atoms with van der Waals surface area (Å²) in [6.45, 7) is 0. The smallest absolute Gasteiger partial charge is 0.146 e. The van der Waals surface area contributed by atoms with Gasteiger partial charge in [-0.3, -0.25) is 4.79 Å². The maximum atomic E-state index is 11.9. The van der Waals surface area contributed by atoms with Gasteiger partial charge in [-0.15, -0.1) is 0 Å². The van der Waals surface area contributed by atoms with Crippen LogP contribution in [0.2, 0.25) is 0 Å². The van der Waals surface area contributed by atoms with Crippen molar-refractivity contribution in [3.63, 3.8) is 0 Å². The Morgan fingerprint density at radius 3 is 2.40 bits per heavy atom. The third-order valence-electron chi connectivity index (χ3n) is 3.00. The Balaban J connectivity index is 2.23. The Bertz CT molecular complexity index is 621. The van der Waals surface area contributed by atoms with E-state index in [4.69, 9.17) is 10.9 Å². The zero-order chi connectivity index (χ0) is 14.4. The molecule has 4 heteroatoms. The molecule has 3 N–H and O–H groups in total. The molecule has 0 aliphatic carbocycles. The van der Waals surface area contributed by atoms with Crippen molar-refractivity contribution in [2.75, 3.05) is 0 Å². The summed E-state index contributed by atoms with van der Waals surface area (Å²) >= 11 is 0. The van der Waals surface area contributed by atoms with Crippen LogP contribution in [0.25, 0.3) is 11.1 Å². The molecule has 4 nitrogen and oxygen atoms in total. The van der Waals surface area contributed by atoms with Crippen molar-refractivity contribution in [1.82, 2.24) is 0 Å². The predicted octanol–water partition coefficient (Wildman–Crippen LogP) is 2.60. The Labute approximate surface area is 117 Å². The molecule has 2 rings (SSSR count). The molecule has 102 valence electrons. The van der Waals surface area contributed by atoms with Crippen LogP contribution < -0.4 is 5.73 Å². The van der Waals surface area contributed by atoms with Gasteiger partial charge in [0.2, 0.25) is 0 Å². The van der Waals surface area contributed by atoms with Crippen LogP contribution >= 0.6 is 0 Å². The maximum absolute atomic E-state index is 11.9. The Morgan fingerprint density at radius 2 is 1.70 bits per heavy atom. The number of carbonyl (C=O) groups excluding carboxylic acids is 1. The van der Waals surface area contributed by atoms with E-state index in [0.717, 1.165) is 16.7 Å². The zero-order valence-corrected chi connectivity index (χ0v) is 11.0. The lowest BCUT2D eigenvalue weighted by Crippen LogP contribution is -2.18. The average Bonchev–Trinajstić information content (AvgIpc) is 2.48. The number of carbonyl (C=O) groups is 1. The number of Topliss-reactive ketones (excluding diaryl/α,β-unsaturated/α-hetero) is 1. The average molecular weight is 268 g/mol. The molecule has 0 saturated carbocycles. The Kier molecular flexibility index (Phi) is 4.50. The van der Waals surface area contributed by atoms with E-state index in [9.17, 15) is 4.79 Å². The highest BCUT2D eigenvalue weighted by Crippen LogP contribution is 2.24. The molecule has 2 aromatic rings. The number of hydrogen-bond acceptors (Lipinski definition) is 3. The molecule has 0 unspecified atom stereocenters. The lowest BCUT2D eigenvalue weighted by molar-refractivity contribution is -0.117. The van der Waals surface area contributed by atoms with Crippen LogP contribution in [0, 0.1) is 0 Å². The molecule has 0 aliphatic rings. The van der Waals surface area contributed by atoms with E-state index in [1.54, 1.807) is 0 Å². The predicted molar refractivity (Wildman–Crippen MR) is 78.6 cm³/mol. The van der Waals surface area contributed by atoms with E-state index >= 15 is 0 Å². The molecule has 0 spiro atoms. The van der Waals surface area contributed by atoms with Crippen molar-refractivity contribution in [1.29, 1.82) is 0 Å². The highest BCUT2D eigenvalue weighted by Gasteiger charge is 2.10. The molecule has 0 heterocycles. The van der Waals surface area contributed by atoms with E-state index in [2.05, 4.69) is 5.16 Å². The molecule has 20 heavy (non-hydrogen) atoms. The van der Waals surface area contributed by atoms with Crippen molar-refractivity contribution in [2.24, 2.45) is 10.9 Å². The number of ketones is 1. The van der Waals surface area contributed by atoms with Gasteiger partial charge in [-0.1, -0.05) is 59.8 Å². The van der Waals surface area contributed by atoms with Crippen LogP contribution in [0.5, 0.6) is 0 Å². The summed E-state index contributed by atoms with van der Waals surface area (Å²) in [4.78, 5) is 11.9. The molecule has 0 fully saturated rings. The number of amidine groups is 1. The van der Waals surface area contributed by atoms with Crippen molar-refractivity contribution in [3.05, 3.63) is 60.2 Å². The molecule has 0 atom stereocenters. The second-order valence-corrected chi connectivity index (χ2v) is 4.51. The van der Waals surface area contributed by atoms with Gasteiger partial charge < -0.3 is 10.9 Å². The van der Waals surface area contributed by atoms with Crippen molar-refractivity contribution < 1.29 is 10.0 Å². The quantitative estimate of drug-likeness (QED) is 0.379. The van der Waals surface area contributed by atoms with Crippen molar-refractivity contribution in [3.8, 4) is 11.1 Å². The number of nitrogens with zero attached hydrogens (tertiary/aromatic N) is 1. The van der Waals surface area contributed by atoms with Gasteiger partial charge >= 0.3 is 0 Å². The first-order valence-electron chi connectivity index (χ1n) is 6.32. The Morgan fingerprint density at radius 1 is 1.05 bits per heavy atom. The zero-order valence-electron chi connectivity index (χ0n) is 11.0. The summed E-state index contributed by atoms with van der Waals surface area (Å²) in [6, 6.07) is 17.6. The molecule has 0 saturated heterocycles. The van der Waals surface area contributed by atoms with Crippen molar-refractivity contribution >= 4 is 11.6 Å². The van der Waals surface area contributed by atoms with Crippen LogP contribution in [-0.4, -0.2) is 16.8 Å². The van der Waals surface area contributed by atoms with Crippen LogP contribution in [0.4, 0.5) is 0 Å². The number of benzene rings is 2. The second-order valence-electron chi connectivity index (χ2n) is 4.51. The first-order valence-corrected chi connectivity index (χ1v) is 6.32. The van der Waals surface area contributed by atoms with E-state index in [1.807, 2.05) is 54.6 Å². The molecular weight excluding hydrogens is 252 g/mol. The number of rotatable bonds is 5. The minimum absolute atomic E-state index is 0.0420. The molecular formula is C16H16N2O2. The summed E-state index contributed by atoms with van der Waals surface area (Å²) in [6.07, 6.45) is 0.223. The normalized spacial score (nSPS) is 11.3. The van der Waals surface area contributed by atoms with Crippen molar-refractivity contribution in [2.45, 2.75) is 12.8 Å². The third-order valence-corrected chi connectivity index (χ3v) is 3.00. The molecule has 2 aromatic carbocycles. The standard InChI is InChI=1S/C16H16N2O2/c17-16(18-20)11-14(19)10-13-8-4-5-9-15(13)12-6-2-1-3-7-12/h1-9,20H,10-11H2,(H2,17,18). The summed E-state index contributed by atoms with van der Waals surface area (Å²) in [5.41, 5.74) is 8.39. The first kappa shape index (κ1) is 13.8. The number of nitrogens with two attached hydrogens (primary N) is 1. The molecule has 0 aromatic heterocycles. The van der Waals surface area contributed by atoms with Gasteiger partial charge in [-0.05, 0) is 16.7 Å². The van der Waals surface area contributed by atoms with Crippen LogP contribution in [0.1, 0.15) is 12.0 Å². The van der Waals surface area contributed by atoms with E-state index in [-0.39, 0.29) is 24.5 Å². The van der Waals surface area contributed by atoms with Gasteiger partial charge in [0.1, 0.15) is 11.6 Å². The third kappa shape index (κ3) is 3.45. The van der Waals surface area contributed by atoms with Gasteiger partial charge in [0, 0.05) is 6.42 Å². The van der Waals surface area contributed by atoms with Gasteiger partial charge in [-0.25, -0.2) is 0 Å². The minimum atomic E-state index is -0.0799. The topological polar surface area (TPSA) is 75.7 Å². The second kappa shape index (κ2) is 6.52.